The first-order valence-corrected chi connectivity index (χ1v) is 6.57. The number of H-pyrrole nitrogens is 1. The average molecular weight is 312 g/mol. The fraction of sp³-hybridized carbons (Fsp3) is 0.308. The Bertz CT molecular complexity index is 513. The lowest BCUT2D eigenvalue weighted by Crippen LogP contribution is -2.22. The second-order valence-corrected chi connectivity index (χ2v) is 5.16. The molecule has 0 aliphatic carbocycles. The van der Waals surface area contributed by atoms with E-state index in [1.165, 1.54) is 12.1 Å². The fourth-order valence-corrected chi connectivity index (χ4v) is 2.61. The Balaban J connectivity index is 2.10. The number of benzene rings is 1. The number of aromatic amines is 1. The van der Waals surface area contributed by atoms with Gasteiger partial charge in [-0.3, -0.25) is 5.10 Å². The predicted octanol–water partition coefficient (Wildman–Crippen LogP) is 3.72. The third-order valence-corrected chi connectivity index (χ3v) is 3.64. The number of halogens is 2. The van der Waals surface area contributed by atoms with Gasteiger partial charge in [0.05, 0.1) is 6.20 Å². The zero-order chi connectivity index (χ0) is 13.1. The molecule has 0 bridgehead atoms. The molecule has 0 saturated carbocycles. The molecule has 0 spiro atoms. The van der Waals surface area contributed by atoms with Crippen molar-refractivity contribution < 1.29 is 4.39 Å². The molecule has 1 heterocycles. The van der Waals surface area contributed by atoms with Gasteiger partial charge >= 0.3 is 0 Å². The van der Waals surface area contributed by atoms with Crippen molar-refractivity contribution in [2.24, 2.45) is 0 Å². The van der Waals surface area contributed by atoms with Gasteiger partial charge in [-0.25, -0.2) is 4.39 Å². The van der Waals surface area contributed by atoms with Crippen molar-refractivity contribution >= 4 is 15.9 Å². The zero-order valence-corrected chi connectivity index (χ0v) is 11.8. The summed E-state index contributed by atoms with van der Waals surface area (Å²) in [5, 5.41) is 10.2. The summed E-state index contributed by atoms with van der Waals surface area (Å²) in [6.07, 6.45) is 3.66. The van der Waals surface area contributed by atoms with Crippen molar-refractivity contribution in [2.75, 3.05) is 0 Å². The molecule has 0 aliphatic rings. The smallest absolute Gasteiger partial charge is 0.124 e. The number of hydrogen-bond acceptors (Lipinski definition) is 2. The first kappa shape index (κ1) is 13.2. The van der Waals surface area contributed by atoms with Gasteiger partial charge in [-0.05, 0) is 31.5 Å². The van der Waals surface area contributed by atoms with E-state index >= 15 is 0 Å². The summed E-state index contributed by atoms with van der Waals surface area (Å²) in [5.74, 6) is -0.235. The van der Waals surface area contributed by atoms with Crippen LogP contribution in [0.3, 0.4) is 0 Å². The molecular formula is C13H15BrFN3. The first-order valence-electron chi connectivity index (χ1n) is 5.77. The predicted molar refractivity (Wildman–Crippen MR) is 72.7 cm³/mol. The molecule has 2 unspecified atom stereocenters. The minimum atomic E-state index is -0.235. The Kier molecular flexibility index (Phi) is 4.14. The Morgan fingerprint density at radius 3 is 2.72 bits per heavy atom. The van der Waals surface area contributed by atoms with Gasteiger partial charge in [-0.1, -0.05) is 22.0 Å². The minimum absolute atomic E-state index is 0.116. The van der Waals surface area contributed by atoms with Crippen LogP contribution in [0.25, 0.3) is 0 Å². The molecule has 2 N–H and O–H groups in total. The van der Waals surface area contributed by atoms with Gasteiger partial charge in [0.2, 0.25) is 0 Å². The Morgan fingerprint density at radius 2 is 2.11 bits per heavy atom. The fourth-order valence-electron chi connectivity index (χ4n) is 1.91. The molecule has 2 rings (SSSR count). The van der Waals surface area contributed by atoms with Crippen LogP contribution in [0.15, 0.2) is 35.1 Å². The van der Waals surface area contributed by atoms with Gasteiger partial charge in [0.15, 0.2) is 0 Å². The van der Waals surface area contributed by atoms with E-state index in [0.29, 0.717) is 0 Å². The van der Waals surface area contributed by atoms with E-state index in [-0.39, 0.29) is 17.9 Å². The number of rotatable bonds is 4. The number of nitrogens with zero attached hydrogens (tertiary/aromatic N) is 1. The molecule has 5 heteroatoms. The van der Waals surface area contributed by atoms with Crippen molar-refractivity contribution in [3.8, 4) is 0 Å². The molecule has 3 nitrogen and oxygen atoms in total. The van der Waals surface area contributed by atoms with Gasteiger partial charge in [0.1, 0.15) is 5.82 Å². The number of nitrogens with one attached hydrogen (secondary N) is 2. The monoisotopic (exact) mass is 311 g/mol. The minimum Gasteiger partial charge on any atom is -0.303 e. The summed E-state index contributed by atoms with van der Waals surface area (Å²) in [6, 6.07) is 5.04. The Morgan fingerprint density at radius 1 is 1.33 bits per heavy atom. The zero-order valence-electron chi connectivity index (χ0n) is 10.2. The van der Waals surface area contributed by atoms with Crippen LogP contribution in [0.5, 0.6) is 0 Å². The molecule has 96 valence electrons. The van der Waals surface area contributed by atoms with Crippen molar-refractivity contribution in [3.05, 3.63) is 52.0 Å². The van der Waals surface area contributed by atoms with Crippen LogP contribution in [-0.4, -0.2) is 10.2 Å². The molecule has 1 aromatic carbocycles. The van der Waals surface area contributed by atoms with Gasteiger partial charge in [0.25, 0.3) is 0 Å². The average Bonchev–Trinajstić information content (AvgIpc) is 2.81. The van der Waals surface area contributed by atoms with Crippen LogP contribution in [0.1, 0.15) is 37.1 Å². The summed E-state index contributed by atoms with van der Waals surface area (Å²) >= 11 is 3.39. The Hall–Kier alpha value is -1.20. The number of aromatic nitrogens is 2. The van der Waals surface area contributed by atoms with Gasteiger partial charge < -0.3 is 5.32 Å². The summed E-state index contributed by atoms with van der Waals surface area (Å²) in [4.78, 5) is 0. The molecule has 0 aliphatic heterocycles. The maximum absolute atomic E-state index is 13.0. The quantitative estimate of drug-likeness (QED) is 0.903. The lowest BCUT2D eigenvalue weighted by molar-refractivity contribution is 0.492. The second kappa shape index (κ2) is 5.63. The van der Waals surface area contributed by atoms with Crippen molar-refractivity contribution in [1.29, 1.82) is 0 Å². The van der Waals surface area contributed by atoms with E-state index in [2.05, 4.69) is 45.3 Å². The molecule has 0 fully saturated rings. The molecule has 18 heavy (non-hydrogen) atoms. The maximum Gasteiger partial charge on any atom is 0.124 e. The number of hydrogen-bond donors (Lipinski definition) is 2. The summed E-state index contributed by atoms with van der Waals surface area (Å²) in [7, 11) is 0. The molecular weight excluding hydrogens is 297 g/mol. The van der Waals surface area contributed by atoms with Gasteiger partial charge in [-0.2, -0.15) is 5.10 Å². The molecule has 0 radical (unpaired) electrons. The van der Waals surface area contributed by atoms with Gasteiger partial charge in [-0.15, -0.1) is 0 Å². The van der Waals surface area contributed by atoms with E-state index in [9.17, 15) is 4.39 Å². The molecule has 0 amide bonds. The largest absolute Gasteiger partial charge is 0.303 e. The summed E-state index contributed by atoms with van der Waals surface area (Å²) in [6.45, 7) is 4.12. The maximum atomic E-state index is 13.0. The second-order valence-electron chi connectivity index (χ2n) is 4.31. The lowest BCUT2D eigenvalue weighted by atomic mass is 10.1. The van der Waals surface area contributed by atoms with E-state index in [1.54, 1.807) is 12.3 Å². The van der Waals surface area contributed by atoms with E-state index < -0.39 is 0 Å². The van der Waals surface area contributed by atoms with Crippen molar-refractivity contribution in [2.45, 2.75) is 25.9 Å². The summed E-state index contributed by atoms with van der Waals surface area (Å²) < 4.78 is 13.8. The van der Waals surface area contributed by atoms with Crippen LogP contribution in [0.4, 0.5) is 4.39 Å². The van der Waals surface area contributed by atoms with Crippen LogP contribution >= 0.6 is 15.9 Å². The SMILES string of the molecule is CC(NC(C)c1ccc(F)cc1Br)c1cn[nH]c1. The van der Waals surface area contributed by atoms with Crippen molar-refractivity contribution in [3.63, 3.8) is 0 Å². The highest BCUT2D eigenvalue weighted by Gasteiger charge is 2.14. The van der Waals surface area contributed by atoms with Crippen LogP contribution in [0.2, 0.25) is 0 Å². The lowest BCUT2D eigenvalue weighted by Gasteiger charge is -2.20. The third-order valence-electron chi connectivity index (χ3n) is 2.95. The normalized spacial score (nSPS) is 14.4. The molecule has 2 atom stereocenters. The highest BCUT2D eigenvalue weighted by Crippen LogP contribution is 2.26. The highest BCUT2D eigenvalue weighted by molar-refractivity contribution is 9.10. The topological polar surface area (TPSA) is 40.7 Å². The first-order chi connectivity index (χ1) is 8.58. The van der Waals surface area contributed by atoms with E-state index in [1.807, 2.05) is 6.20 Å². The van der Waals surface area contributed by atoms with Crippen LogP contribution < -0.4 is 5.32 Å². The Labute approximate surface area is 114 Å². The highest BCUT2D eigenvalue weighted by atomic mass is 79.9. The molecule has 1 aromatic heterocycles. The van der Waals surface area contributed by atoms with Crippen molar-refractivity contribution in [1.82, 2.24) is 15.5 Å². The molecule has 2 aromatic rings. The molecule has 0 saturated heterocycles. The van der Waals surface area contributed by atoms with E-state index in [0.717, 1.165) is 15.6 Å². The van der Waals surface area contributed by atoms with E-state index in [4.69, 9.17) is 0 Å². The van der Waals surface area contributed by atoms with Gasteiger partial charge in [0, 0.05) is 28.3 Å². The summed E-state index contributed by atoms with van der Waals surface area (Å²) in [5.41, 5.74) is 2.13. The van der Waals surface area contributed by atoms with Crippen LogP contribution in [0, 0.1) is 5.82 Å². The standard InChI is InChI=1S/C13H15BrFN3/c1-8(10-6-16-17-7-10)18-9(2)12-4-3-11(15)5-13(12)14/h3-9,18H,1-2H3,(H,16,17). The van der Waals surface area contributed by atoms with Crippen LogP contribution in [-0.2, 0) is 0 Å². The third kappa shape index (κ3) is 2.97.